The summed E-state index contributed by atoms with van der Waals surface area (Å²) in [7, 11) is 1.68. The Morgan fingerprint density at radius 1 is 1.10 bits per heavy atom. The zero-order chi connectivity index (χ0) is 22.4. The first-order valence-corrected chi connectivity index (χ1v) is 10.6. The summed E-state index contributed by atoms with van der Waals surface area (Å²) < 4.78 is 3.74. The number of nitrogens with zero attached hydrogens (tertiary/aromatic N) is 6. The van der Waals surface area contributed by atoms with Crippen LogP contribution in [0.4, 0.5) is 4.79 Å². The molecule has 1 aromatic heterocycles. The quantitative estimate of drug-likeness (QED) is 0.712. The van der Waals surface area contributed by atoms with Crippen LogP contribution >= 0.6 is 0 Å². The molecule has 2 aliphatic rings. The van der Waals surface area contributed by atoms with E-state index in [1.165, 1.54) is 9.80 Å². The SMILES string of the molecule is Cc1ccc(CN2C(=O)C3C(=NC(n4nc(C)cc4C)=[N+]3CC(C)C)N(C)C2=O)cc1. The maximum absolute atomic E-state index is 13.6. The molecule has 162 valence electrons. The van der Waals surface area contributed by atoms with Gasteiger partial charge in [-0.15, -0.1) is 9.78 Å². The van der Waals surface area contributed by atoms with Gasteiger partial charge >= 0.3 is 12.0 Å². The van der Waals surface area contributed by atoms with E-state index in [1.807, 2.05) is 55.7 Å². The van der Waals surface area contributed by atoms with Crippen LogP contribution in [0.1, 0.15) is 36.4 Å². The second-order valence-electron chi connectivity index (χ2n) is 8.81. The van der Waals surface area contributed by atoms with Crippen LogP contribution < -0.4 is 0 Å². The van der Waals surface area contributed by atoms with Gasteiger partial charge in [0.25, 0.3) is 5.91 Å². The highest BCUT2D eigenvalue weighted by Crippen LogP contribution is 2.23. The Kier molecular flexibility index (Phi) is 5.24. The number of carbonyl (C=O) groups excluding carboxylic acids is 2. The fraction of sp³-hybridized carbons (Fsp3) is 0.435. The number of imide groups is 1. The summed E-state index contributed by atoms with van der Waals surface area (Å²) in [6, 6.07) is 8.85. The molecule has 0 bridgehead atoms. The van der Waals surface area contributed by atoms with Crippen molar-refractivity contribution >= 4 is 23.7 Å². The van der Waals surface area contributed by atoms with E-state index in [-0.39, 0.29) is 18.5 Å². The van der Waals surface area contributed by atoms with Gasteiger partial charge in [-0.25, -0.2) is 9.37 Å². The number of hydrogen-bond donors (Lipinski definition) is 0. The number of hydrogen-bond acceptors (Lipinski definition) is 4. The van der Waals surface area contributed by atoms with Gasteiger partial charge in [-0.05, 0) is 38.3 Å². The van der Waals surface area contributed by atoms with Crippen molar-refractivity contribution in [2.24, 2.45) is 10.9 Å². The van der Waals surface area contributed by atoms with E-state index in [4.69, 9.17) is 4.99 Å². The maximum atomic E-state index is 13.6. The summed E-state index contributed by atoms with van der Waals surface area (Å²) >= 11 is 0. The van der Waals surface area contributed by atoms with Crippen LogP contribution in [-0.4, -0.2) is 67.5 Å². The smallest absolute Gasteiger partial charge is 0.270 e. The Balaban J connectivity index is 1.77. The van der Waals surface area contributed by atoms with E-state index in [9.17, 15) is 9.59 Å². The van der Waals surface area contributed by atoms with Gasteiger partial charge in [-0.2, -0.15) is 0 Å². The van der Waals surface area contributed by atoms with Crippen molar-refractivity contribution in [1.29, 1.82) is 0 Å². The Bertz CT molecular complexity index is 1110. The Morgan fingerprint density at radius 2 is 1.77 bits per heavy atom. The highest BCUT2D eigenvalue weighted by Gasteiger charge is 2.53. The normalized spacial score (nSPS) is 18.9. The van der Waals surface area contributed by atoms with Crippen molar-refractivity contribution in [2.75, 3.05) is 13.6 Å². The van der Waals surface area contributed by atoms with E-state index < -0.39 is 6.04 Å². The number of aromatic nitrogens is 2. The van der Waals surface area contributed by atoms with Crippen molar-refractivity contribution in [3.05, 3.63) is 52.8 Å². The molecule has 31 heavy (non-hydrogen) atoms. The summed E-state index contributed by atoms with van der Waals surface area (Å²) in [5.41, 5.74) is 3.86. The first kappa shape index (κ1) is 21.0. The van der Waals surface area contributed by atoms with Gasteiger partial charge in [0.15, 0.2) is 0 Å². The van der Waals surface area contributed by atoms with Crippen molar-refractivity contribution in [2.45, 2.75) is 47.2 Å². The monoisotopic (exact) mass is 421 g/mol. The lowest BCUT2D eigenvalue weighted by Crippen LogP contribution is -2.62. The van der Waals surface area contributed by atoms with Crippen LogP contribution in [0.3, 0.4) is 0 Å². The average Bonchev–Trinajstić information content (AvgIpc) is 3.24. The van der Waals surface area contributed by atoms with Crippen LogP contribution in [0, 0.1) is 26.7 Å². The molecule has 1 unspecified atom stereocenters. The third-order valence-electron chi connectivity index (χ3n) is 5.61. The summed E-state index contributed by atoms with van der Waals surface area (Å²) in [5, 5.41) is 4.57. The lowest BCUT2D eigenvalue weighted by molar-refractivity contribution is -0.543. The minimum absolute atomic E-state index is 0.233. The van der Waals surface area contributed by atoms with E-state index in [2.05, 4.69) is 18.9 Å². The molecular weight excluding hydrogens is 392 g/mol. The molecule has 1 aromatic carbocycles. The van der Waals surface area contributed by atoms with Crippen molar-refractivity contribution in [1.82, 2.24) is 19.6 Å². The molecule has 4 rings (SSSR count). The molecule has 3 heterocycles. The molecule has 0 spiro atoms. The summed E-state index contributed by atoms with van der Waals surface area (Å²) in [6.45, 7) is 11.0. The van der Waals surface area contributed by atoms with E-state index in [0.29, 0.717) is 24.3 Å². The minimum atomic E-state index is -0.644. The number of aryl methyl sites for hydroxylation is 3. The van der Waals surface area contributed by atoms with Gasteiger partial charge in [0.2, 0.25) is 11.9 Å². The Morgan fingerprint density at radius 3 is 2.35 bits per heavy atom. The van der Waals surface area contributed by atoms with Crippen molar-refractivity contribution in [3.8, 4) is 0 Å². The highest BCUT2D eigenvalue weighted by molar-refractivity contribution is 6.22. The molecule has 2 aromatic rings. The number of carbonyl (C=O) groups is 2. The first-order valence-electron chi connectivity index (χ1n) is 10.6. The Labute approximate surface area is 182 Å². The minimum Gasteiger partial charge on any atom is -0.270 e. The second-order valence-corrected chi connectivity index (χ2v) is 8.81. The molecule has 3 amide bonds. The summed E-state index contributed by atoms with van der Waals surface area (Å²) in [5.74, 6) is 1.09. The Hall–Kier alpha value is -3.29. The van der Waals surface area contributed by atoms with Gasteiger partial charge in [-0.1, -0.05) is 48.7 Å². The van der Waals surface area contributed by atoms with Crippen LogP contribution in [-0.2, 0) is 11.3 Å². The third kappa shape index (κ3) is 3.66. The molecule has 1 fully saturated rings. The van der Waals surface area contributed by atoms with Crippen LogP contribution in [0.25, 0.3) is 0 Å². The zero-order valence-electron chi connectivity index (χ0n) is 19.0. The third-order valence-corrected chi connectivity index (χ3v) is 5.61. The van der Waals surface area contributed by atoms with E-state index >= 15 is 0 Å². The predicted octanol–water partition coefficient (Wildman–Crippen LogP) is 2.56. The van der Waals surface area contributed by atoms with Crippen molar-refractivity contribution in [3.63, 3.8) is 0 Å². The zero-order valence-corrected chi connectivity index (χ0v) is 19.0. The number of benzene rings is 1. The predicted molar refractivity (Wildman–Crippen MR) is 118 cm³/mol. The second kappa shape index (κ2) is 7.76. The van der Waals surface area contributed by atoms with Gasteiger partial charge in [0, 0.05) is 7.05 Å². The fourth-order valence-corrected chi connectivity index (χ4v) is 4.11. The van der Waals surface area contributed by atoms with Gasteiger partial charge in [0.05, 0.1) is 18.8 Å². The number of rotatable bonds is 4. The fourth-order valence-electron chi connectivity index (χ4n) is 4.11. The molecule has 8 heteroatoms. The molecule has 8 nitrogen and oxygen atoms in total. The summed E-state index contributed by atoms with van der Waals surface area (Å²) in [6.07, 6.45) is 0. The molecule has 1 saturated heterocycles. The molecule has 1 atom stereocenters. The van der Waals surface area contributed by atoms with Crippen LogP contribution in [0.2, 0.25) is 0 Å². The number of likely N-dealkylation sites (N-methyl/N-ethyl adjacent to an activating group) is 1. The highest BCUT2D eigenvalue weighted by atomic mass is 16.2. The van der Waals surface area contributed by atoms with Gasteiger partial charge in [0.1, 0.15) is 5.69 Å². The molecule has 0 aliphatic carbocycles. The molecular formula is C23H29N6O2+. The molecule has 0 radical (unpaired) electrons. The van der Waals surface area contributed by atoms with E-state index in [0.717, 1.165) is 22.5 Å². The standard InChI is InChI=1S/C23H29N6O2/c1-14(2)12-27-19-20(24-22(27)29-17(5)11-16(4)25-29)26(6)23(31)28(21(19)30)13-18-9-7-15(3)8-10-18/h7-11,14,19H,12-13H2,1-6H3/q+1. The lowest BCUT2D eigenvalue weighted by Gasteiger charge is -2.34. The number of amidine groups is 1. The number of aliphatic imine (C=N–C) groups is 1. The van der Waals surface area contributed by atoms with Crippen LogP contribution in [0.5, 0.6) is 0 Å². The number of amides is 3. The molecule has 2 aliphatic heterocycles. The number of fused-ring (bicyclic) bond motifs is 1. The largest absolute Gasteiger partial charge is 0.421 e. The topological polar surface area (TPSA) is 73.8 Å². The first-order chi connectivity index (χ1) is 14.7. The average molecular weight is 422 g/mol. The van der Waals surface area contributed by atoms with Gasteiger partial charge < -0.3 is 0 Å². The number of urea groups is 1. The lowest BCUT2D eigenvalue weighted by atomic mass is 10.1. The van der Waals surface area contributed by atoms with Crippen molar-refractivity contribution < 1.29 is 14.2 Å². The van der Waals surface area contributed by atoms with Gasteiger partial charge in [-0.3, -0.25) is 14.6 Å². The molecule has 0 saturated carbocycles. The maximum Gasteiger partial charge on any atom is 0.421 e. The van der Waals surface area contributed by atoms with E-state index in [1.54, 1.807) is 11.7 Å². The molecule has 0 N–H and O–H groups in total. The van der Waals surface area contributed by atoms with Crippen LogP contribution in [0.15, 0.2) is 35.3 Å². The summed E-state index contributed by atoms with van der Waals surface area (Å²) in [4.78, 5) is 34.3.